The van der Waals surface area contributed by atoms with E-state index in [0.29, 0.717) is 22.6 Å². The first kappa shape index (κ1) is 22.1. The van der Waals surface area contributed by atoms with Crippen molar-refractivity contribution < 1.29 is 24.5 Å². The molecule has 0 aliphatic carbocycles. The lowest BCUT2D eigenvalue weighted by molar-refractivity contribution is -0.132. The number of carbonyl (C=O) groups is 2. The van der Waals surface area contributed by atoms with Crippen LogP contribution in [0.15, 0.2) is 66.2 Å². The van der Waals surface area contributed by atoms with Gasteiger partial charge in [-0.25, -0.2) is 0 Å². The molecule has 1 aliphatic heterocycles. The number of methoxy groups -OCH3 is 1. The summed E-state index contributed by atoms with van der Waals surface area (Å²) in [6, 6.07) is 16.3. The van der Waals surface area contributed by atoms with Crippen molar-refractivity contribution in [1.82, 2.24) is 0 Å². The monoisotopic (exact) mass is 443 g/mol. The number of Topliss-reactive ketones (excluding diaryl/α,β-unsaturated/α-hetero) is 1. The summed E-state index contributed by atoms with van der Waals surface area (Å²) in [5.74, 6) is -1.37. The zero-order valence-corrected chi connectivity index (χ0v) is 18.9. The van der Waals surface area contributed by atoms with E-state index in [4.69, 9.17) is 4.74 Å². The maximum Gasteiger partial charge on any atom is 0.300 e. The number of aryl methyl sites for hydroxylation is 3. The highest BCUT2D eigenvalue weighted by atomic mass is 16.5. The van der Waals surface area contributed by atoms with E-state index in [0.717, 1.165) is 16.7 Å². The minimum absolute atomic E-state index is 0.0328. The number of aromatic hydroxyl groups is 1. The van der Waals surface area contributed by atoms with E-state index >= 15 is 0 Å². The van der Waals surface area contributed by atoms with Crippen molar-refractivity contribution in [3.05, 3.63) is 94.1 Å². The molecule has 3 aromatic carbocycles. The number of ketones is 1. The van der Waals surface area contributed by atoms with Gasteiger partial charge in [0.15, 0.2) is 0 Å². The number of phenolic OH excluding ortho intramolecular Hbond substituents is 1. The zero-order valence-electron chi connectivity index (χ0n) is 18.9. The number of rotatable bonds is 4. The molecule has 0 radical (unpaired) electrons. The van der Waals surface area contributed by atoms with Crippen molar-refractivity contribution >= 4 is 23.1 Å². The van der Waals surface area contributed by atoms with Crippen LogP contribution in [0.5, 0.6) is 11.5 Å². The quantitative estimate of drug-likeness (QED) is 0.338. The Kier molecular flexibility index (Phi) is 5.68. The van der Waals surface area contributed by atoms with Gasteiger partial charge in [0.2, 0.25) is 0 Å². The molecule has 6 nitrogen and oxygen atoms in total. The highest BCUT2D eigenvalue weighted by molar-refractivity contribution is 6.51. The van der Waals surface area contributed by atoms with E-state index in [1.807, 2.05) is 39.0 Å². The second-order valence-corrected chi connectivity index (χ2v) is 8.25. The van der Waals surface area contributed by atoms with Crippen LogP contribution in [0.4, 0.5) is 5.69 Å². The van der Waals surface area contributed by atoms with Crippen LogP contribution in [0.1, 0.15) is 33.9 Å². The number of aliphatic hydroxyl groups is 1. The third-order valence-corrected chi connectivity index (χ3v) is 5.88. The molecule has 1 saturated heterocycles. The molecule has 2 N–H and O–H groups in total. The van der Waals surface area contributed by atoms with Crippen LogP contribution in [0.2, 0.25) is 0 Å². The summed E-state index contributed by atoms with van der Waals surface area (Å²) in [6.07, 6.45) is 0. The summed E-state index contributed by atoms with van der Waals surface area (Å²) < 4.78 is 5.41. The van der Waals surface area contributed by atoms with Gasteiger partial charge in [-0.2, -0.15) is 0 Å². The highest BCUT2D eigenvalue weighted by Gasteiger charge is 2.47. The summed E-state index contributed by atoms with van der Waals surface area (Å²) >= 11 is 0. The number of anilines is 1. The minimum atomic E-state index is -0.878. The molecule has 168 valence electrons. The summed E-state index contributed by atoms with van der Waals surface area (Å²) in [4.78, 5) is 28.0. The Balaban J connectivity index is 2.00. The van der Waals surface area contributed by atoms with Crippen LogP contribution in [0, 0.1) is 20.8 Å². The largest absolute Gasteiger partial charge is 0.508 e. The third-order valence-electron chi connectivity index (χ3n) is 5.88. The first-order valence-electron chi connectivity index (χ1n) is 10.5. The van der Waals surface area contributed by atoms with Crippen LogP contribution in [0.25, 0.3) is 5.76 Å². The van der Waals surface area contributed by atoms with Crippen molar-refractivity contribution in [2.45, 2.75) is 26.8 Å². The van der Waals surface area contributed by atoms with Gasteiger partial charge in [0.25, 0.3) is 11.7 Å². The number of nitrogens with zero attached hydrogens (tertiary/aromatic N) is 1. The maximum absolute atomic E-state index is 13.3. The normalized spacial score (nSPS) is 17.5. The summed E-state index contributed by atoms with van der Waals surface area (Å²) in [7, 11) is 1.48. The Bertz CT molecular complexity index is 1290. The van der Waals surface area contributed by atoms with Crippen molar-refractivity contribution in [3.8, 4) is 11.5 Å². The van der Waals surface area contributed by atoms with Crippen LogP contribution < -0.4 is 9.64 Å². The Morgan fingerprint density at radius 1 is 0.909 bits per heavy atom. The standard InChI is InChI=1S/C27H25NO5/c1-15-5-11-21(17(3)13-15)28-24(18-7-9-19(29)10-8-18)23(26(31)27(28)32)25(30)20-14-16(2)6-12-22(20)33-4/h5-14,24,29-30H,1-4H3/b25-23+. The van der Waals surface area contributed by atoms with Gasteiger partial charge in [0.05, 0.1) is 24.3 Å². The van der Waals surface area contributed by atoms with Crippen molar-refractivity contribution in [2.75, 3.05) is 12.0 Å². The highest BCUT2D eigenvalue weighted by Crippen LogP contribution is 2.44. The fraction of sp³-hybridized carbons (Fsp3) is 0.185. The van der Waals surface area contributed by atoms with E-state index in [1.165, 1.54) is 24.1 Å². The average Bonchev–Trinajstić information content (AvgIpc) is 3.04. The molecule has 1 unspecified atom stereocenters. The number of carbonyl (C=O) groups excluding carboxylic acids is 2. The van der Waals surface area contributed by atoms with Gasteiger partial charge in [-0.15, -0.1) is 0 Å². The third kappa shape index (κ3) is 3.84. The van der Waals surface area contributed by atoms with Gasteiger partial charge < -0.3 is 14.9 Å². The first-order valence-corrected chi connectivity index (χ1v) is 10.5. The maximum atomic E-state index is 13.3. The van der Waals surface area contributed by atoms with Gasteiger partial charge in [-0.3, -0.25) is 14.5 Å². The van der Waals surface area contributed by atoms with Crippen molar-refractivity contribution in [1.29, 1.82) is 0 Å². The zero-order chi connectivity index (χ0) is 23.9. The van der Waals surface area contributed by atoms with Gasteiger partial charge in [0, 0.05) is 5.69 Å². The second kappa shape index (κ2) is 8.47. The lowest BCUT2D eigenvalue weighted by atomic mass is 9.94. The molecule has 1 atom stereocenters. The van der Waals surface area contributed by atoms with Gasteiger partial charge >= 0.3 is 0 Å². The molecule has 1 amide bonds. The molecular weight excluding hydrogens is 418 g/mol. The molecule has 1 aliphatic rings. The van der Waals surface area contributed by atoms with Gasteiger partial charge in [-0.05, 0) is 62.2 Å². The fourth-order valence-electron chi connectivity index (χ4n) is 4.28. The number of aliphatic hydroxyl groups excluding tert-OH is 1. The lowest BCUT2D eigenvalue weighted by Crippen LogP contribution is -2.30. The number of phenols is 1. The minimum Gasteiger partial charge on any atom is -0.508 e. The lowest BCUT2D eigenvalue weighted by Gasteiger charge is -2.27. The molecule has 4 rings (SSSR count). The van der Waals surface area contributed by atoms with Gasteiger partial charge in [-0.1, -0.05) is 41.5 Å². The Morgan fingerprint density at radius 3 is 2.18 bits per heavy atom. The average molecular weight is 443 g/mol. The second-order valence-electron chi connectivity index (χ2n) is 8.25. The number of amides is 1. The summed E-state index contributed by atoms with van der Waals surface area (Å²) in [5, 5.41) is 21.1. The van der Waals surface area contributed by atoms with Crippen LogP contribution in [-0.4, -0.2) is 29.0 Å². The molecule has 1 fully saturated rings. The van der Waals surface area contributed by atoms with E-state index in [9.17, 15) is 19.8 Å². The Morgan fingerprint density at radius 2 is 1.55 bits per heavy atom. The van der Waals surface area contributed by atoms with E-state index in [2.05, 4.69) is 0 Å². The van der Waals surface area contributed by atoms with Crippen LogP contribution in [0.3, 0.4) is 0 Å². The van der Waals surface area contributed by atoms with Crippen LogP contribution in [-0.2, 0) is 9.59 Å². The smallest absolute Gasteiger partial charge is 0.300 e. The Hall–Kier alpha value is -4.06. The molecule has 1 heterocycles. The number of benzene rings is 3. The number of ether oxygens (including phenoxy) is 1. The predicted molar refractivity (Wildman–Crippen MR) is 127 cm³/mol. The number of hydrogen-bond donors (Lipinski definition) is 2. The van der Waals surface area contributed by atoms with Crippen molar-refractivity contribution in [3.63, 3.8) is 0 Å². The van der Waals surface area contributed by atoms with E-state index in [1.54, 1.807) is 30.3 Å². The van der Waals surface area contributed by atoms with E-state index < -0.39 is 17.7 Å². The molecule has 0 saturated carbocycles. The fourth-order valence-corrected chi connectivity index (χ4v) is 4.28. The molecule has 0 spiro atoms. The van der Waals surface area contributed by atoms with Gasteiger partial charge in [0.1, 0.15) is 17.3 Å². The molecule has 3 aromatic rings. The molecule has 33 heavy (non-hydrogen) atoms. The molecular formula is C27H25NO5. The summed E-state index contributed by atoms with van der Waals surface area (Å²) in [6.45, 7) is 5.69. The van der Waals surface area contributed by atoms with Crippen LogP contribution >= 0.6 is 0 Å². The molecule has 0 bridgehead atoms. The topological polar surface area (TPSA) is 87.1 Å². The molecule has 0 aromatic heterocycles. The first-order chi connectivity index (χ1) is 15.7. The van der Waals surface area contributed by atoms with Crippen molar-refractivity contribution in [2.24, 2.45) is 0 Å². The SMILES string of the molecule is COc1ccc(C)cc1/C(O)=C1\C(=O)C(=O)N(c2ccc(C)cc2C)C1c1ccc(O)cc1. The van der Waals surface area contributed by atoms with E-state index in [-0.39, 0.29) is 17.1 Å². The predicted octanol–water partition coefficient (Wildman–Crippen LogP) is 4.95. The molecule has 6 heteroatoms. The summed E-state index contributed by atoms with van der Waals surface area (Å²) in [5.41, 5.74) is 4.18. The number of hydrogen-bond acceptors (Lipinski definition) is 5. The Labute approximate surface area is 192 Å².